The van der Waals surface area contributed by atoms with Gasteiger partial charge >= 0.3 is 0 Å². The van der Waals surface area contributed by atoms with Gasteiger partial charge in [0.15, 0.2) is 16.6 Å². The number of rotatable bonds is 7. The SMILES string of the molecule is O=C1c2c(nc(CNc3nccs3)n2Cc2ccccc2)NCCN1Cc1ccccc1F. The van der Waals surface area contributed by atoms with Crippen molar-refractivity contribution >= 4 is 28.2 Å². The predicted molar refractivity (Wildman–Crippen MR) is 127 cm³/mol. The number of benzene rings is 2. The molecule has 0 saturated heterocycles. The fourth-order valence-corrected chi connectivity index (χ4v) is 4.45. The van der Waals surface area contributed by atoms with E-state index in [0.717, 1.165) is 16.5 Å². The number of fused-ring (bicyclic) bond motifs is 1. The summed E-state index contributed by atoms with van der Waals surface area (Å²) in [6.45, 7) is 2.13. The third kappa shape index (κ3) is 4.58. The van der Waals surface area contributed by atoms with Crippen LogP contribution in [-0.2, 0) is 19.6 Å². The van der Waals surface area contributed by atoms with Gasteiger partial charge in [-0.3, -0.25) is 4.79 Å². The first-order valence-electron chi connectivity index (χ1n) is 10.7. The molecule has 9 heteroatoms. The van der Waals surface area contributed by atoms with E-state index in [4.69, 9.17) is 4.98 Å². The summed E-state index contributed by atoms with van der Waals surface area (Å²) in [6, 6.07) is 16.5. The molecule has 0 atom stereocenters. The second-order valence-electron chi connectivity index (χ2n) is 7.73. The summed E-state index contributed by atoms with van der Waals surface area (Å²) in [5, 5.41) is 9.28. The summed E-state index contributed by atoms with van der Waals surface area (Å²) in [7, 11) is 0. The molecule has 0 saturated carbocycles. The molecule has 0 fully saturated rings. The van der Waals surface area contributed by atoms with Crippen molar-refractivity contribution in [2.45, 2.75) is 19.6 Å². The molecule has 1 aliphatic heterocycles. The van der Waals surface area contributed by atoms with Gasteiger partial charge < -0.3 is 20.1 Å². The Morgan fingerprint density at radius 3 is 2.70 bits per heavy atom. The number of anilines is 2. The van der Waals surface area contributed by atoms with Gasteiger partial charge in [0.05, 0.1) is 6.54 Å². The lowest BCUT2D eigenvalue weighted by molar-refractivity contribution is 0.0743. The van der Waals surface area contributed by atoms with Gasteiger partial charge in [0.1, 0.15) is 11.6 Å². The molecule has 4 aromatic rings. The molecule has 7 nitrogen and oxygen atoms in total. The number of hydrogen-bond donors (Lipinski definition) is 2. The molecule has 1 amide bonds. The molecular weight excluding hydrogens is 439 g/mol. The van der Waals surface area contributed by atoms with E-state index < -0.39 is 0 Å². The van der Waals surface area contributed by atoms with E-state index in [0.29, 0.717) is 43.3 Å². The zero-order valence-corrected chi connectivity index (χ0v) is 18.7. The fraction of sp³-hybridized carbons (Fsp3) is 0.208. The smallest absolute Gasteiger partial charge is 0.274 e. The van der Waals surface area contributed by atoms with Crippen LogP contribution in [0, 0.1) is 5.82 Å². The van der Waals surface area contributed by atoms with Crippen LogP contribution in [-0.4, -0.2) is 38.4 Å². The highest BCUT2D eigenvalue weighted by atomic mass is 32.1. The molecule has 0 spiro atoms. The molecule has 2 aromatic carbocycles. The fourth-order valence-electron chi connectivity index (χ4n) is 3.92. The Labute approximate surface area is 194 Å². The minimum Gasteiger partial charge on any atom is -0.366 e. The number of carbonyl (C=O) groups excluding carboxylic acids is 1. The van der Waals surface area contributed by atoms with Crippen molar-refractivity contribution in [2.75, 3.05) is 23.7 Å². The number of nitrogens with zero attached hydrogens (tertiary/aromatic N) is 4. The summed E-state index contributed by atoms with van der Waals surface area (Å²) in [4.78, 5) is 24.4. The van der Waals surface area contributed by atoms with E-state index in [1.165, 1.54) is 17.4 Å². The molecule has 0 bridgehead atoms. The molecular formula is C24H23FN6OS. The number of amides is 1. The molecule has 3 heterocycles. The Morgan fingerprint density at radius 1 is 1.09 bits per heavy atom. The summed E-state index contributed by atoms with van der Waals surface area (Å²) >= 11 is 1.51. The zero-order chi connectivity index (χ0) is 22.6. The second-order valence-corrected chi connectivity index (χ2v) is 8.63. The quantitative estimate of drug-likeness (QED) is 0.430. The number of imidazole rings is 1. The van der Waals surface area contributed by atoms with Crippen LogP contribution in [0.4, 0.5) is 15.3 Å². The monoisotopic (exact) mass is 462 g/mol. The van der Waals surface area contributed by atoms with Gasteiger partial charge in [0.25, 0.3) is 5.91 Å². The Bertz CT molecular complexity index is 1240. The van der Waals surface area contributed by atoms with Gasteiger partial charge in [-0.1, -0.05) is 48.5 Å². The van der Waals surface area contributed by atoms with Gasteiger partial charge in [-0.2, -0.15) is 0 Å². The number of nitrogens with one attached hydrogen (secondary N) is 2. The highest BCUT2D eigenvalue weighted by Gasteiger charge is 2.30. The Kier molecular flexibility index (Phi) is 6.03. The summed E-state index contributed by atoms with van der Waals surface area (Å²) in [5.41, 5.74) is 2.05. The summed E-state index contributed by atoms with van der Waals surface area (Å²) < 4.78 is 16.2. The van der Waals surface area contributed by atoms with Crippen LogP contribution >= 0.6 is 11.3 Å². The largest absolute Gasteiger partial charge is 0.366 e. The molecule has 0 radical (unpaired) electrons. The highest BCUT2D eigenvalue weighted by Crippen LogP contribution is 2.25. The lowest BCUT2D eigenvalue weighted by Crippen LogP contribution is -2.34. The number of carbonyl (C=O) groups is 1. The Morgan fingerprint density at radius 2 is 1.91 bits per heavy atom. The maximum atomic E-state index is 14.3. The van der Waals surface area contributed by atoms with E-state index in [1.54, 1.807) is 29.3 Å². The lowest BCUT2D eigenvalue weighted by Gasteiger charge is -2.22. The molecule has 1 aliphatic rings. The second kappa shape index (κ2) is 9.41. The van der Waals surface area contributed by atoms with Gasteiger partial charge in [0, 0.05) is 43.3 Å². The van der Waals surface area contributed by atoms with E-state index in [1.807, 2.05) is 40.3 Å². The molecule has 0 unspecified atom stereocenters. The molecule has 5 rings (SSSR count). The van der Waals surface area contributed by atoms with Crippen LogP contribution < -0.4 is 10.6 Å². The summed E-state index contributed by atoms with van der Waals surface area (Å²) in [6.07, 6.45) is 1.74. The van der Waals surface area contributed by atoms with E-state index in [9.17, 15) is 9.18 Å². The van der Waals surface area contributed by atoms with E-state index in [2.05, 4.69) is 15.6 Å². The van der Waals surface area contributed by atoms with Crippen LogP contribution in [0.25, 0.3) is 0 Å². The number of hydrogen-bond acceptors (Lipinski definition) is 6. The topological polar surface area (TPSA) is 75.1 Å². The van der Waals surface area contributed by atoms with Gasteiger partial charge in [-0.05, 0) is 11.6 Å². The van der Waals surface area contributed by atoms with E-state index >= 15 is 0 Å². The Balaban J connectivity index is 1.49. The van der Waals surface area contributed by atoms with Gasteiger partial charge in [0.2, 0.25) is 0 Å². The van der Waals surface area contributed by atoms with Crippen molar-refractivity contribution in [3.8, 4) is 0 Å². The number of aromatic nitrogens is 3. The summed E-state index contributed by atoms with van der Waals surface area (Å²) in [5.74, 6) is 0.812. The average Bonchev–Trinajstić information content (AvgIpc) is 3.43. The third-order valence-electron chi connectivity index (χ3n) is 5.54. The van der Waals surface area contributed by atoms with Crippen molar-refractivity contribution in [1.82, 2.24) is 19.4 Å². The lowest BCUT2D eigenvalue weighted by atomic mass is 10.2. The zero-order valence-electron chi connectivity index (χ0n) is 17.9. The maximum Gasteiger partial charge on any atom is 0.274 e. The first-order valence-corrected chi connectivity index (χ1v) is 11.6. The first-order chi connectivity index (χ1) is 16.2. The minimum atomic E-state index is -0.311. The predicted octanol–water partition coefficient (Wildman–Crippen LogP) is 4.21. The molecule has 0 aliphatic carbocycles. The Hall–Kier alpha value is -3.72. The van der Waals surface area contributed by atoms with Gasteiger partial charge in [-0.15, -0.1) is 11.3 Å². The molecule has 2 aromatic heterocycles. The van der Waals surface area contributed by atoms with Crippen LogP contribution in [0.2, 0.25) is 0 Å². The van der Waals surface area contributed by atoms with Crippen LogP contribution in [0.3, 0.4) is 0 Å². The van der Waals surface area contributed by atoms with Crippen molar-refractivity contribution in [3.05, 3.63) is 94.6 Å². The average molecular weight is 463 g/mol. The number of thiazole rings is 1. The normalized spacial score (nSPS) is 13.4. The molecule has 33 heavy (non-hydrogen) atoms. The van der Waals surface area contributed by atoms with Crippen LogP contribution in [0.5, 0.6) is 0 Å². The third-order valence-corrected chi connectivity index (χ3v) is 6.27. The van der Waals surface area contributed by atoms with Crippen LogP contribution in [0.1, 0.15) is 27.4 Å². The minimum absolute atomic E-state index is 0.165. The van der Waals surface area contributed by atoms with Crippen molar-refractivity contribution in [2.24, 2.45) is 0 Å². The van der Waals surface area contributed by atoms with Gasteiger partial charge in [-0.25, -0.2) is 14.4 Å². The molecule has 168 valence electrons. The van der Waals surface area contributed by atoms with Crippen LogP contribution in [0.15, 0.2) is 66.2 Å². The van der Waals surface area contributed by atoms with Crippen molar-refractivity contribution < 1.29 is 9.18 Å². The molecule has 2 N–H and O–H groups in total. The first kappa shape index (κ1) is 21.1. The number of halogens is 1. The maximum absolute atomic E-state index is 14.3. The van der Waals surface area contributed by atoms with E-state index in [-0.39, 0.29) is 18.3 Å². The van der Waals surface area contributed by atoms with Crippen molar-refractivity contribution in [3.63, 3.8) is 0 Å². The highest BCUT2D eigenvalue weighted by molar-refractivity contribution is 7.13. The standard InChI is InChI=1S/C24H23FN6OS/c25-19-9-5-4-8-18(19)16-30-12-10-26-22-21(23(30)32)31(15-17-6-2-1-3-7-17)20(29-22)14-28-24-27-11-13-33-24/h1-9,11,13,26H,10,12,14-16H2,(H,27,28). The van der Waals surface area contributed by atoms with Crippen molar-refractivity contribution in [1.29, 1.82) is 0 Å².